The first-order valence-electron chi connectivity index (χ1n) is 6.93. The molecule has 0 aliphatic rings. The highest BCUT2D eigenvalue weighted by atomic mass is 35.5. The molecule has 2 N–H and O–H groups in total. The van der Waals surface area contributed by atoms with Gasteiger partial charge < -0.3 is 10.6 Å². The van der Waals surface area contributed by atoms with E-state index in [0.29, 0.717) is 12.3 Å². The van der Waals surface area contributed by atoms with Gasteiger partial charge in [0.15, 0.2) is 0 Å². The van der Waals surface area contributed by atoms with E-state index < -0.39 is 0 Å². The maximum absolute atomic E-state index is 11.8. The Balaban J connectivity index is 1.96. The molecule has 0 aliphatic heterocycles. The zero-order valence-corrected chi connectivity index (χ0v) is 13.6. The van der Waals surface area contributed by atoms with Gasteiger partial charge in [-0.3, -0.25) is 4.79 Å². The van der Waals surface area contributed by atoms with E-state index in [0.717, 1.165) is 33.7 Å². The largest absolute Gasteiger partial charge is 0.355 e. The summed E-state index contributed by atoms with van der Waals surface area (Å²) in [5.74, 6) is 0.462. The number of carbonyl (C=O) groups is 1. The fraction of sp³-hybridized carbons (Fsp3) is 0.312. The van der Waals surface area contributed by atoms with E-state index in [4.69, 9.17) is 11.6 Å². The highest BCUT2D eigenvalue weighted by Gasteiger charge is 2.08. The van der Waals surface area contributed by atoms with Crippen LogP contribution in [0, 0.1) is 0 Å². The van der Waals surface area contributed by atoms with Crippen LogP contribution < -0.4 is 10.6 Å². The number of amides is 1. The molecule has 0 bridgehead atoms. The lowest BCUT2D eigenvalue weighted by molar-refractivity contribution is -0.118. The molecule has 0 saturated heterocycles. The Bertz CT molecular complexity index is 613. The van der Waals surface area contributed by atoms with E-state index in [2.05, 4.69) is 10.6 Å². The topological polar surface area (TPSA) is 41.1 Å². The fourth-order valence-corrected chi connectivity index (χ4v) is 3.35. The second kappa shape index (κ2) is 8.27. The van der Waals surface area contributed by atoms with E-state index in [-0.39, 0.29) is 5.91 Å². The summed E-state index contributed by atoms with van der Waals surface area (Å²) in [5.41, 5.74) is 0. The van der Waals surface area contributed by atoms with Crippen molar-refractivity contribution in [2.75, 3.05) is 25.9 Å². The minimum Gasteiger partial charge on any atom is -0.355 e. The number of thioether (sulfide) groups is 1. The van der Waals surface area contributed by atoms with E-state index in [1.807, 2.05) is 43.4 Å². The minimum absolute atomic E-state index is 0.0557. The lowest BCUT2D eigenvalue weighted by atomic mass is 10.1. The van der Waals surface area contributed by atoms with Crippen molar-refractivity contribution in [3.63, 3.8) is 0 Å². The molecule has 0 spiro atoms. The summed E-state index contributed by atoms with van der Waals surface area (Å²) in [7, 11) is 1.90. The van der Waals surface area contributed by atoms with Crippen LogP contribution in [0.4, 0.5) is 0 Å². The summed E-state index contributed by atoms with van der Waals surface area (Å²) < 4.78 is 0. The number of rotatable bonds is 7. The first kappa shape index (κ1) is 16.1. The summed E-state index contributed by atoms with van der Waals surface area (Å²) in [4.78, 5) is 12.9. The molecule has 2 aromatic rings. The summed E-state index contributed by atoms with van der Waals surface area (Å²) in [5, 5.41) is 8.82. The zero-order valence-electron chi connectivity index (χ0n) is 12.0. The maximum Gasteiger partial charge on any atom is 0.230 e. The number of carbonyl (C=O) groups excluding carboxylic acids is 1. The van der Waals surface area contributed by atoms with Crippen molar-refractivity contribution in [3.8, 4) is 0 Å². The van der Waals surface area contributed by atoms with Crippen LogP contribution in [0.15, 0.2) is 41.3 Å². The van der Waals surface area contributed by atoms with Crippen molar-refractivity contribution < 1.29 is 4.79 Å². The SMILES string of the molecule is CNCCCNC(=O)CSc1cccc2cccc(Cl)c12. The van der Waals surface area contributed by atoms with Crippen molar-refractivity contribution in [3.05, 3.63) is 41.4 Å². The molecule has 0 unspecified atom stereocenters. The predicted molar refractivity (Wildman–Crippen MR) is 91.2 cm³/mol. The summed E-state index contributed by atoms with van der Waals surface area (Å²) in [6.45, 7) is 1.61. The van der Waals surface area contributed by atoms with Crippen molar-refractivity contribution in [2.45, 2.75) is 11.3 Å². The fourth-order valence-electron chi connectivity index (χ4n) is 2.07. The molecule has 21 heavy (non-hydrogen) atoms. The second-order valence-corrected chi connectivity index (χ2v) is 6.11. The van der Waals surface area contributed by atoms with Gasteiger partial charge in [-0.25, -0.2) is 0 Å². The molecule has 2 aromatic carbocycles. The van der Waals surface area contributed by atoms with Gasteiger partial charge in [0.25, 0.3) is 0 Å². The number of nitrogens with one attached hydrogen (secondary N) is 2. The lowest BCUT2D eigenvalue weighted by Crippen LogP contribution is -2.27. The number of fused-ring (bicyclic) bond motifs is 1. The third-order valence-corrected chi connectivity index (χ3v) is 4.47. The minimum atomic E-state index is 0.0557. The van der Waals surface area contributed by atoms with Crippen molar-refractivity contribution in [1.82, 2.24) is 10.6 Å². The molecule has 0 aliphatic carbocycles. The van der Waals surface area contributed by atoms with Gasteiger partial charge in [-0.1, -0.05) is 35.9 Å². The van der Waals surface area contributed by atoms with Gasteiger partial charge in [0.2, 0.25) is 5.91 Å². The molecule has 0 radical (unpaired) electrons. The van der Waals surface area contributed by atoms with Gasteiger partial charge in [0, 0.05) is 21.8 Å². The van der Waals surface area contributed by atoms with Crippen molar-refractivity contribution >= 4 is 40.0 Å². The van der Waals surface area contributed by atoms with Crippen LogP contribution in [0.5, 0.6) is 0 Å². The summed E-state index contributed by atoms with van der Waals surface area (Å²) in [6.07, 6.45) is 0.938. The summed E-state index contributed by atoms with van der Waals surface area (Å²) in [6, 6.07) is 11.9. The number of hydrogen-bond acceptors (Lipinski definition) is 3. The van der Waals surface area contributed by atoms with Gasteiger partial charge in [0.1, 0.15) is 0 Å². The van der Waals surface area contributed by atoms with Crippen molar-refractivity contribution in [2.24, 2.45) is 0 Å². The van der Waals surface area contributed by atoms with Crippen LogP contribution in [0.3, 0.4) is 0 Å². The van der Waals surface area contributed by atoms with Crippen LogP contribution in [0.25, 0.3) is 10.8 Å². The average Bonchev–Trinajstić information content (AvgIpc) is 2.49. The van der Waals surface area contributed by atoms with E-state index in [9.17, 15) is 4.79 Å². The number of benzene rings is 2. The Kier molecular flexibility index (Phi) is 6.36. The van der Waals surface area contributed by atoms with Crippen LogP contribution in [0.1, 0.15) is 6.42 Å². The molecule has 0 fully saturated rings. The second-order valence-electron chi connectivity index (χ2n) is 4.69. The predicted octanol–water partition coefficient (Wildman–Crippen LogP) is 3.31. The molecule has 0 atom stereocenters. The molecule has 1 amide bonds. The maximum atomic E-state index is 11.8. The Hall–Kier alpha value is -1.23. The van der Waals surface area contributed by atoms with Gasteiger partial charge in [-0.15, -0.1) is 11.8 Å². The smallest absolute Gasteiger partial charge is 0.230 e. The van der Waals surface area contributed by atoms with Gasteiger partial charge in [0.05, 0.1) is 5.75 Å². The third kappa shape index (κ3) is 4.63. The normalized spacial score (nSPS) is 10.8. The van der Waals surface area contributed by atoms with E-state index in [1.54, 1.807) is 0 Å². The first-order chi connectivity index (χ1) is 10.2. The Morgan fingerprint density at radius 1 is 1.19 bits per heavy atom. The van der Waals surface area contributed by atoms with E-state index in [1.165, 1.54) is 11.8 Å². The monoisotopic (exact) mass is 322 g/mol. The molecule has 0 aromatic heterocycles. The Morgan fingerprint density at radius 3 is 2.71 bits per heavy atom. The summed E-state index contributed by atoms with van der Waals surface area (Å²) >= 11 is 7.80. The molecule has 112 valence electrons. The third-order valence-electron chi connectivity index (χ3n) is 3.10. The highest BCUT2D eigenvalue weighted by Crippen LogP contribution is 2.32. The molecule has 5 heteroatoms. The van der Waals surface area contributed by atoms with Crippen molar-refractivity contribution in [1.29, 1.82) is 0 Å². The zero-order chi connectivity index (χ0) is 15.1. The number of hydrogen-bond donors (Lipinski definition) is 2. The van der Waals surface area contributed by atoms with Crippen LogP contribution in [-0.4, -0.2) is 31.8 Å². The van der Waals surface area contributed by atoms with E-state index >= 15 is 0 Å². The average molecular weight is 323 g/mol. The molecule has 0 saturated carbocycles. The standard InChI is InChI=1S/C16H19ClN2OS/c1-18-9-4-10-19-15(20)11-21-14-8-3-6-12-5-2-7-13(17)16(12)14/h2-3,5-8,18H,4,9-11H2,1H3,(H,19,20). The molecule has 2 rings (SSSR count). The van der Waals surface area contributed by atoms with Gasteiger partial charge in [-0.2, -0.15) is 0 Å². The Morgan fingerprint density at radius 2 is 1.95 bits per heavy atom. The highest BCUT2D eigenvalue weighted by molar-refractivity contribution is 8.00. The van der Waals surface area contributed by atoms with Gasteiger partial charge in [-0.05, 0) is 37.5 Å². The van der Waals surface area contributed by atoms with Gasteiger partial charge >= 0.3 is 0 Å². The quantitative estimate of drug-likeness (QED) is 0.607. The van der Waals surface area contributed by atoms with Crippen LogP contribution in [0.2, 0.25) is 5.02 Å². The molecular weight excluding hydrogens is 304 g/mol. The lowest BCUT2D eigenvalue weighted by Gasteiger charge is -2.08. The molecule has 3 nitrogen and oxygen atoms in total. The first-order valence-corrected chi connectivity index (χ1v) is 8.30. The van der Waals surface area contributed by atoms with Crippen LogP contribution in [-0.2, 0) is 4.79 Å². The number of halogens is 1. The molecule has 0 heterocycles. The molecular formula is C16H19ClN2OS. The Labute approximate surface area is 134 Å². The van der Waals surface area contributed by atoms with Crippen LogP contribution >= 0.6 is 23.4 Å².